The van der Waals surface area contributed by atoms with E-state index in [1.165, 1.54) is 0 Å². The number of aliphatic hydroxyl groups is 1. The molecule has 1 unspecified atom stereocenters. The van der Waals surface area contributed by atoms with Crippen LogP contribution in [0.5, 0.6) is 0 Å². The van der Waals surface area contributed by atoms with Gasteiger partial charge in [-0.1, -0.05) is 13.8 Å². The molecule has 9 heavy (non-hydrogen) atoms. The molecule has 0 saturated heterocycles. The molecule has 0 aliphatic heterocycles. The molecule has 1 rings (SSSR count). The first-order chi connectivity index (χ1) is 4.04. The van der Waals surface area contributed by atoms with E-state index >= 15 is 0 Å². The molecule has 1 N–H and O–H groups in total. The molecule has 1 aliphatic carbocycles. The van der Waals surface area contributed by atoms with Gasteiger partial charge in [0.25, 0.3) is 0 Å². The van der Waals surface area contributed by atoms with Crippen LogP contribution < -0.4 is 0 Å². The Morgan fingerprint density at radius 2 is 2.22 bits per heavy atom. The predicted octanol–water partition coefficient (Wildman–Crippen LogP) is 0.736. The Hall–Kier alpha value is -0.370. The first kappa shape index (κ1) is 6.75. The summed E-state index contributed by atoms with van der Waals surface area (Å²) in [6, 6.07) is 0. The predicted molar refractivity (Wildman–Crippen MR) is 34.0 cm³/mol. The molecule has 1 fully saturated rings. The van der Waals surface area contributed by atoms with Crippen LogP contribution in [-0.2, 0) is 4.79 Å². The van der Waals surface area contributed by atoms with Crippen molar-refractivity contribution < 1.29 is 9.90 Å². The summed E-state index contributed by atoms with van der Waals surface area (Å²) in [5.41, 5.74) is -0.170. The number of carbonyl (C=O) groups excluding carboxylic acids is 1. The summed E-state index contributed by atoms with van der Waals surface area (Å²) in [5, 5.41) is 9.18. The quantitative estimate of drug-likeness (QED) is 0.522. The van der Waals surface area contributed by atoms with Crippen LogP contribution in [0.1, 0.15) is 26.7 Å². The lowest BCUT2D eigenvalue weighted by Crippen LogP contribution is -2.27. The van der Waals surface area contributed by atoms with Crippen LogP contribution in [-0.4, -0.2) is 17.0 Å². The van der Waals surface area contributed by atoms with Gasteiger partial charge in [-0.05, 0) is 11.8 Å². The van der Waals surface area contributed by atoms with Crippen LogP contribution in [0.25, 0.3) is 0 Å². The zero-order chi connectivity index (χ0) is 7.07. The largest absolute Gasteiger partial charge is 0.385 e. The third kappa shape index (κ3) is 0.990. The van der Waals surface area contributed by atoms with E-state index in [0.29, 0.717) is 6.42 Å². The molecule has 0 bridgehead atoms. The van der Waals surface area contributed by atoms with Crippen molar-refractivity contribution in [1.82, 2.24) is 0 Å². The highest BCUT2D eigenvalue weighted by Gasteiger charge is 2.39. The standard InChI is InChI=1S/C7H12O2/c1-7(2)4-3-5(8)6(7)9/h6,9H,3-4H2,1-2H3. The molecule has 0 aromatic rings. The normalized spacial score (nSPS) is 33.2. The van der Waals surface area contributed by atoms with Crippen LogP contribution in [0.15, 0.2) is 0 Å². The Labute approximate surface area is 54.9 Å². The van der Waals surface area contributed by atoms with Crippen molar-refractivity contribution in [3.05, 3.63) is 0 Å². The summed E-state index contributed by atoms with van der Waals surface area (Å²) in [6.45, 7) is 3.84. The molecule has 0 aromatic carbocycles. The summed E-state index contributed by atoms with van der Waals surface area (Å²) in [5.74, 6) is 0.000000000000000222. The highest BCUT2D eigenvalue weighted by Crippen LogP contribution is 2.34. The summed E-state index contributed by atoms with van der Waals surface area (Å²) >= 11 is 0. The number of ketones is 1. The lowest BCUT2D eigenvalue weighted by Gasteiger charge is -2.19. The van der Waals surface area contributed by atoms with Gasteiger partial charge in [-0.25, -0.2) is 0 Å². The second kappa shape index (κ2) is 1.81. The molecular weight excluding hydrogens is 116 g/mol. The maximum atomic E-state index is 10.7. The van der Waals surface area contributed by atoms with E-state index in [-0.39, 0.29) is 11.2 Å². The van der Waals surface area contributed by atoms with Crippen molar-refractivity contribution in [2.75, 3.05) is 0 Å². The van der Waals surface area contributed by atoms with E-state index < -0.39 is 6.10 Å². The van der Waals surface area contributed by atoms with Gasteiger partial charge in [-0.15, -0.1) is 0 Å². The van der Waals surface area contributed by atoms with Crippen LogP contribution >= 0.6 is 0 Å². The van der Waals surface area contributed by atoms with Crippen molar-refractivity contribution in [3.8, 4) is 0 Å². The molecule has 2 nitrogen and oxygen atoms in total. The Morgan fingerprint density at radius 1 is 1.67 bits per heavy atom. The average Bonchev–Trinajstić information content (AvgIpc) is 1.97. The molecule has 1 atom stereocenters. The lowest BCUT2D eigenvalue weighted by atomic mass is 9.89. The monoisotopic (exact) mass is 128 g/mol. The van der Waals surface area contributed by atoms with Gasteiger partial charge in [0, 0.05) is 6.42 Å². The van der Waals surface area contributed by atoms with E-state index in [4.69, 9.17) is 0 Å². The molecule has 0 spiro atoms. The summed E-state index contributed by atoms with van der Waals surface area (Å²) in [6.07, 6.45) is 0.666. The van der Waals surface area contributed by atoms with Gasteiger partial charge in [-0.3, -0.25) is 4.79 Å². The molecule has 1 saturated carbocycles. The van der Waals surface area contributed by atoms with Crippen molar-refractivity contribution in [3.63, 3.8) is 0 Å². The number of Topliss-reactive ketones (excluding diaryl/α,β-unsaturated/α-hetero) is 1. The maximum Gasteiger partial charge on any atom is 0.161 e. The van der Waals surface area contributed by atoms with Gasteiger partial charge in [0.05, 0.1) is 0 Å². The van der Waals surface area contributed by atoms with E-state index in [9.17, 15) is 9.90 Å². The van der Waals surface area contributed by atoms with Gasteiger partial charge >= 0.3 is 0 Å². The van der Waals surface area contributed by atoms with Crippen molar-refractivity contribution in [2.45, 2.75) is 32.8 Å². The number of hydrogen-bond donors (Lipinski definition) is 1. The summed E-state index contributed by atoms with van der Waals surface area (Å²) < 4.78 is 0. The van der Waals surface area contributed by atoms with E-state index in [2.05, 4.69) is 0 Å². The second-order valence-corrected chi connectivity index (χ2v) is 3.36. The van der Waals surface area contributed by atoms with Gasteiger partial charge in [0.1, 0.15) is 6.10 Å². The van der Waals surface area contributed by atoms with Gasteiger partial charge in [-0.2, -0.15) is 0 Å². The van der Waals surface area contributed by atoms with Crippen molar-refractivity contribution in [2.24, 2.45) is 5.41 Å². The molecule has 2 heteroatoms. The third-order valence-electron chi connectivity index (χ3n) is 2.06. The fourth-order valence-corrected chi connectivity index (χ4v) is 1.15. The van der Waals surface area contributed by atoms with E-state index in [0.717, 1.165) is 6.42 Å². The minimum Gasteiger partial charge on any atom is -0.385 e. The Morgan fingerprint density at radius 3 is 2.33 bits per heavy atom. The Balaban J connectivity index is 2.73. The topological polar surface area (TPSA) is 37.3 Å². The van der Waals surface area contributed by atoms with Crippen LogP contribution in [0.4, 0.5) is 0 Å². The van der Waals surface area contributed by atoms with Gasteiger partial charge in [0.2, 0.25) is 0 Å². The average molecular weight is 128 g/mol. The molecule has 0 aromatic heterocycles. The summed E-state index contributed by atoms with van der Waals surface area (Å²) in [4.78, 5) is 10.7. The van der Waals surface area contributed by atoms with E-state index in [1.54, 1.807) is 0 Å². The molecular formula is C7H12O2. The first-order valence-corrected chi connectivity index (χ1v) is 3.25. The minimum atomic E-state index is -0.711. The first-order valence-electron chi connectivity index (χ1n) is 3.25. The molecule has 0 radical (unpaired) electrons. The van der Waals surface area contributed by atoms with Crippen LogP contribution in [0.2, 0.25) is 0 Å². The maximum absolute atomic E-state index is 10.7. The highest BCUT2D eigenvalue weighted by molar-refractivity contribution is 5.85. The fourth-order valence-electron chi connectivity index (χ4n) is 1.15. The Bertz CT molecular complexity index is 138. The molecule has 0 heterocycles. The smallest absolute Gasteiger partial charge is 0.161 e. The molecule has 52 valence electrons. The SMILES string of the molecule is CC1(C)CCC(=O)C1O. The zero-order valence-electron chi connectivity index (χ0n) is 5.85. The third-order valence-corrected chi connectivity index (χ3v) is 2.06. The fraction of sp³-hybridized carbons (Fsp3) is 0.857. The van der Waals surface area contributed by atoms with Gasteiger partial charge < -0.3 is 5.11 Å². The molecule has 1 aliphatic rings. The van der Waals surface area contributed by atoms with Crippen LogP contribution in [0.3, 0.4) is 0 Å². The number of carbonyl (C=O) groups is 1. The van der Waals surface area contributed by atoms with Crippen molar-refractivity contribution in [1.29, 1.82) is 0 Å². The van der Waals surface area contributed by atoms with E-state index in [1.807, 2.05) is 13.8 Å². The number of aliphatic hydroxyl groups excluding tert-OH is 1. The second-order valence-electron chi connectivity index (χ2n) is 3.36. The summed E-state index contributed by atoms with van der Waals surface area (Å²) in [7, 11) is 0. The Kier molecular flexibility index (Phi) is 1.35. The molecule has 0 amide bonds. The number of hydrogen-bond acceptors (Lipinski definition) is 2. The lowest BCUT2D eigenvalue weighted by molar-refractivity contribution is -0.126. The number of rotatable bonds is 0. The highest BCUT2D eigenvalue weighted by atomic mass is 16.3. The van der Waals surface area contributed by atoms with Crippen molar-refractivity contribution >= 4 is 5.78 Å². The minimum absolute atomic E-state index is 0.000000000000000222. The van der Waals surface area contributed by atoms with Crippen LogP contribution in [0, 0.1) is 5.41 Å². The zero-order valence-corrected chi connectivity index (χ0v) is 5.85. The van der Waals surface area contributed by atoms with Gasteiger partial charge in [0.15, 0.2) is 5.78 Å².